The van der Waals surface area contributed by atoms with Crippen molar-refractivity contribution in [2.75, 3.05) is 5.73 Å². The number of anilines is 1. The number of carbonyl (C=O) groups excluding carboxylic acids is 1. The Balaban J connectivity index is 1.64. The highest BCUT2D eigenvalue weighted by Gasteiger charge is 2.12. The van der Waals surface area contributed by atoms with E-state index < -0.39 is 6.61 Å². The lowest BCUT2D eigenvalue weighted by Crippen LogP contribution is -2.21. The monoisotopic (exact) mass is 376 g/mol. The van der Waals surface area contributed by atoms with Crippen LogP contribution < -0.4 is 15.8 Å². The van der Waals surface area contributed by atoms with Gasteiger partial charge in [0.05, 0.1) is 15.4 Å². The van der Waals surface area contributed by atoms with Gasteiger partial charge in [-0.25, -0.2) is 9.97 Å². The van der Waals surface area contributed by atoms with Crippen LogP contribution in [-0.2, 0) is 6.54 Å². The second kappa shape index (κ2) is 7.87. The number of nitrogens with two attached hydrogens (primary N) is 1. The van der Waals surface area contributed by atoms with E-state index in [1.54, 1.807) is 36.5 Å². The molecule has 6 nitrogen and oxygen atoms in total. The first kappa shape index (κ1) is 17.7. The number of nitrogens with zero attached hydrogens (tertiary/aromatic N) is 2. The number of thiophene rings is 1. The molecular formula is C17H14F2N4O2S. The summed E-state index contributed by atoms with van der Waals surface area (Å²) in [5.74, 6) is -0.0669. The van der Waals surface area contributed by atoms with Crippen LogP contribution in [0.2, 0.25) is 0 Å². The third-order valence-corrected chi connectivity index (χ3v) is 4.44. The molecule has 3 rings (SSSR count). The molecule has 0 fully saturated rings. The summed E-state index contributed by atoms with van der Waals surface area (Å²) < 4.78 is 28.8. The van der Waals surface area contributed by atoms with Gasteiger partial charge < -0.3 is 15.8 Å². The number of halogens is 2. The maximum atomic E-state index is 12.3. The van der Waals surface area contributed by atoms with Gasteiger partial charge in [0.15, 0.2) is 0 Å². The Hall–Kier alpha value is -3.07. The molecule has 0 unspecified atom stereocenters. The molecule has 0 saturated heterocycles. The highest BCUT2D eigenvalue weighted by Crippen LogP contribution is 2.26. The average molecular weight is 376 g/mol. The highest BCUT2D eigenvalue weighted by molar-refractivity contribution is 7.17. The fourth-order valence-electron chi connectivity index (χ4n) is 2.21. The Morgan fingerprint density at radius 3 is 2.88 bits per heavy atom. The minimum atomic E-state index is -2.89. The van der Waals surface area contributed by atoms with Gasteiger partial charge in [0.1, 0.15) is 5.75 Å². The zero-order chi connectivity index (χ0) is 18.5. The number of hydrogen-bond acceptors (Lipinski definition) is 6. The zero-order valence-electron chi connectivity index (χ0n) is 13.4. The van der Waals surface area contributed by atoms with Gasteiger partial charge >= 0.3 is 6.61 Å². The number of aromatic nitrogens is 2. The number of hydrogen-bond donors (Lipinski definition) is 2. The van der Waals surface area contributed by atoms with E-state index in [0.29, 0.717) is 16.1 Å². The average Bonchev–Trinajstić information content (AvgIpc) is 3.10. The minimum Gasteiger partial charge on any atom is -0.435 e. The maximum absolute atomic E-state index is 12.3. The largest absolute Gasteiger partial charge is 0.435 e. The van der Waals surface area contributed by atoms with Gasteiger partial charge in [0.25, 0.3) is 5.91 Å². The first-order chi connectivity index (χ1) is 12.5. The molecule has 1 aromatic carbocycles. The topological polar surface area (TPSA) is 90.1 Å². The third-order valence-electron chi connectivity index (χ3n) is 3.33. The molecule has 0 aliphatic rings. The molecule has 0 saturated carbocycles. The quantitative estimate of drug-likeness (QED) is 0.689. The molecular weight excluding hydrogens is 362 g/mol. The summed E-state index contributed by atoms with van der Waals surface area (Å²) in [7, 11) is 0. The van der Waals surface area contributed by atoms with Gasteiger partial charge in [-0.2, -0.15) is 8.78 Å². The molecule has 3 aromatic rings. The van der Waals surface area contributed by atoms with Crippen LogP contribution in [0.5, 0.6) is 5.75 Å². The Morgan fingerprint density at radius 1 is 1.27 bits per heavy atom. The highest BCUT2D eigenvalue weighted by atomic mass is 32.1. The Kier molecular flexibility index (Phi) is 5.37. The second-order valence-corrected chi connectivity index (χ2v) is 6.26. The summed E-state index contributed by atoms with van der Waals surface area (Å²) in [4.78, 5) is 21.5. The molecule has 0 spiro atoms. The zero-order valence-corrected chi connectivity index (χ0v) is 14.2. The number of alkyl halides is 2. The molecule has 0 radical (unpaired) electrons. The molecule has 3 N–H and O–H groups in total. The first-order valence-electron chi connectivity index (χ1n) is 7.52. The molecule has 0 aliphatic carbocycles. The molecule has 26 heavy (non-hydrogen) atoms. The lowest BCUT2D eigenvalue weighted by Gasteiger charge is -2.07. The Morgan fingerprint density at radius 2 is 2.12 bits per heavy atom. The van der Waals surface area contributed by atoms with Crippen molar-refractivity contribution in [1.82, 2.24) is 15.3 Å². The molecule has 134 valence electrons. The maximum Gasteiger partial charge on any atom is 0.387 e. The summed E-state index contributed by atoms with van der Waals surface area (Å²) in [6, 6.07) is 11.3. The van der Waals surface area contributed by atoms with E-state index in [0.717, 1.165) is 4.88 Å². The lowest BCUT2D eigenvalue weighted by atomic mass is 10.2. The summed E-state index contributed by atoms with van der Waals surface area (Å²) in [6.07, 6.45) is 1.55. The fourth-order valence-corrected chi connectivity index (χ4v) is 3.10. The molecule has 2 heterocycles. The number of ether oxygens (including phenoxy) is 1. The first-order valence-corrected chi connectivity index (χ1v) is 8.33. The number of nitrogen functional groups attached to an aromatic ring is 1. The van der Waals surface area contributed by atoms with Crippen molar-refractivity contribution in [3.63, 3.8) is 0 Å². The summed E-state index contributed by atoms with van der Waals surface area (Å²) >= 11 is 1.27. The van der Waals surface area contributed by atoms with Crippen LogP contribution >= 0.6 is 11.3 Å². The van der Waals surface area contributed by atoms with Crippen molar-refractivity contribution in [1.29, 1.82) is 0 Å². The molecule has 0 atom stereocenters. The van der Waals surface area contributed by atoms with Crippen molar-refractivity contribution in [2.24, 2.45) is 0 Å². The van der Waals surface area contributed by atoms with Crippen LogP contribution in [-0.4, -0.2) is 22.5 Å². The Labute approximate surface area is 151 Å². The van der Waals surface area contributed by atoms with E-state index in [4.69, 9.17) is 5.73 Å². The van der Waals surface area contributed by atoms with Crippen molar-refractivity contribution in [2.45, 2.75) is 13.2 Å². The smallest absolute Gasteiger partial charge is 0.387 e. The van der Waals surface area contributed by atoms with Crippen molar-refractivity contribution in [3.05, 3.63) is 59.1 Å². The number of nitrogens with one attached hydrogen (secondary N) is 1. The van der Waals surface area contributed by atoms with E-state index in [2.05, 4.69) is 20.0 Å². The molecule has 2 aromatic heterocycles. The van der Waals surface area contributed by atoms with E-state index in [1.165, 1.54) is 23.5 Å². The number of benzene rings is 1. The summed E-state index contributed by atoms with van der Waals surface area (Å²) in [6.45, 7) is -2.70. The summed E-state index contributed by atoms with van der Waals surface area (Å²) in [5.41, 5.74) is 6.85. The molecule has 9 heteroatoms. The van der Waals surface area contributed by atoms with E-state index in [9.17, 15) is 13.6 Å². The van der Waals surface area contributed by atoms with Gasteiger partial charge in [0.2, 0.25) is 5.95 Å². The lowest BCUT2D eigenvalue weighted by molar-refractivity contribution is -0.0498. The van der Waals surface area contributed by atoms with Gasteiger partial charge in [-0.05, 0) is 35.9 Å². The standard InChI is InChI=1S/C17H14F2N4O2S/c18-16(19)25-11-3-1-2-10(8-11)9-22-15(24)14-5-4-13(26-14)12-6-7-21-17(20)23-12/h1-8,16H,9H2,(H,22,24)(H2,20,21,23). The molecule has 0 bridgehead atoms. The van der Waals surface area contributed by atoms with Crippen molar-refractivity contribution < 1.29 is 18.3 Å². The molecule has 1 amide bonds. The number of amides is 1. The van der Waals surface area contributed by atoms with E-state index in [1.807, 2.05) is 0 Å². The predicted molar refractivity (Wildman–Crippen MR) is 94.0 cm³/mol. The van der Waals surface area contributed by atoms with Crippen LogP contribution in [0, 0.1) is 0 Å². The van der Waals surface area contributed by atoms with Gasteiger partial charge in [0, 0.05) is 12.7 Å². The molecule has 0 aliphatic heterocycles. The van der Waals surface area contributed by atoms with Gasteiger partial charge in [-0.1, -0.05) is 12.1 Å². The number of carbonyl (C=O) groups is 1. The minimum absolute atomic E-state index is 0.0477. The van der Waals surface area contributed by atoms with E-state index >= 15 is 0 Å². The third kappa shape index (κ3) is 4.51. The summed E-state index contributed by atoms with van der Waals surface area (Å²) in [5, 5.41) is 2.74. The van der Waals surface area contributed by atoms with Crippen LogP contribution in [0.15, 0.2) is 48.7 Å². The predicted octanol–water partition coefficient (Wildman–Crippen LogP) is 3.32. The SMILES string of the molecule is Nc1nccc(-c2ccc(C(=O)NCc3cccc(OC(F)F)c3)s2)n1. The van der Waals surface area contributed by atoms with Gasteiger partial charge in [-0.3, -0.25) is 4.79 Å². The second-order valence-electron chi connectivity index (χ2n) is 5.17. The normalized spacial score (nSPS) is 10.7. The van der Waals surface area contributed by atoms with Crippen LogP contribution in [0.1, 0.15) is 15.2 Å². The Bertz CT molecular complexity index is 917. The van der Waals surface area contributed by atoms with Crippen molar-refractivity contribution >= 4 is 23.2 Å². The fraction of sp³-hybridized carbons (Fsp3) is 0.118. The van der Waals surface area contributed by atoms with E-state index in [-0.39, 0.29) is 24.1 Å². The van der Waals surface area contributed by atoms with Crippen LogP contribution in [0.25, 0.3) is 10.6 Å². The van der Waals surface area contributed by atoms with Crippen molar-refractivity contribution in [3.8, 4) is 16.3 Å². The van der Waals surface area contributed by atoms with Gasteiger partial charge in [-0.15, -0.1) is 11.3 Å². The number of rotatable bonds is 6. The van der Waals surface area contributed by atoms with Crippen LogP contribution in [0.4, 0.5) is 14.7 Å². The van der Waals surface area contributed by atoms with Crippen LogP contribution in [0.3, 0.4) is 0 Å².